The lowest BCUT2D eigenvalue weighted by molar-refractivity contribution is 0.0228. The molecule has 1 aliphatic rings. The number of piperidine rings is 1. The van der Waals surface area contributed by atoms with E-state index in [0.29, 0.717) is 25.1 Å². The summed E-state index contributed by atoms with van der Waals surface area (Å²) >= 11 is 0. The molecule has 18 heavy (non-hydrogen) atoms. The Morgan fingerprint density at radius 1 is 1.56 bits per heavy atom. The second-order valence-corrected chi connectivity index (χ2v) is 4.72. The average Bonchev–Trinajstić information content (AvgIpc) is 2.39. The number of nitrogens with zero attached hydrogens (tertiary/aromatic N) is 1. The highest BCUT2D eigenvalue weighted by molar-refractivity contribution is 5.93. The summed E-state index contributed by atoms with van der Waals surface area (Å²) in [7, 11) is 0. The quantitative estimate of drug-likeness (QED) is 0.807. The Labute approximate surface area is 105 Å². The van der Waals surface area contributed by atoms with Crippen LogP contribution < -0.4 is 5.56 Å². The minimum atomic E-state index is -0.311. The van der Waals surface area contributed by atoms with Gasteiger partial charge < -0.3 is 15.0 Å². The lowest BCUT2D eigenvalue weighted by atomic mass is 9.92. The van der Waals surface area contributed by atoms with E-state index in [2.05, 4.69) is 4.98 Å². The molecule has 1 aromatic rings. The fourth-order valence-electron chi connectivity index (χ4n) is 2.33. The molecule has 2 atom stereocenters. The maximum Gasteiger partial charge on any atom is 0.255 e. The normalized spacial score (nSPS) is 24.0. The second-order valence-electron chi connectivity index (χ2n) is 4.72. The largest absolute Gasteiger partial charge is 0.393 e. The van der Waals surface area contributed by atoms with Crippen molar-refractivity contribution in [1.82, 2.24) is 9.88 Å². The van der Waals surface area contributed by atoms with E-state index in [0.717, 1.165) is 6.42 Å². The third kappa shape index (κ3) is 2.61. The highest BCUT2D eigenvalue weighted by atomic mass is 16.3. The van der Waals surface area contributed by atoms with Crippen LogP contribution in [0.3, 0.4) is 0 Å². The Bertz CT molecular complexity index is 463. The van der Waals surface area contributed by atoms with Crippen molar-refractivity contribution in [3.8, 4) is 0 Å². The van der Waals surface area contributed by atoms with Gasteiger partial charge >= 0.3 is 0 Å². The molecule has 1 aliphatic heterocycles. The standard InChI is InChI=1S/C13H18N2O3/c1-2-9-8-15(6-5-11(9)16)13(18)10-3-4-12(17)14-7-10/h3-4,7,9,11,16H,2,5-6,8H2,1H3,(H,14,17). The number of nitrogens with one attached hydrogen (secondary N) is 1. The third-order valence-electron chi connectivity index (χ3n) is 3.54. The summed E-state index contributed by atoms with van der Waals surface area (Å²) in [6.45, 7) is 3.16. The first-order valence-corrected chi connectivity index (χ1v) is 6.28. The van der Waals surface area contributed by atoms with E-state index in [9.17, 15) is 14.7 Å². The van der Waals surface area contributed by atoms with Crippen LogP contribution in [0.2, 0.25) is 0 Å². The maximum absolute atomic E-state index is 12.2. The van der Waals surface area contributed by atoms with Crippen molar-refractivity contribution >= 4 is 5.91 Å². The van der Waals surface area contributed by atoms with Crippen molar-refractivity contribution in [2.75, 3.05) is 13.1 Å². The van der Waals surface area contributed by atoms with Crippen LogP contribution in [0.5, 0.6) is 0 Å². The molecule has 98 valence electrons. The Kier molecular flexibility index (Phi) is 3.81. The number of likely N-dealkylation sites (tertiary alicyclic amines) is 1. The Morgan fingerprint density at radius 3 is 2.94 bits per heavy atom. The number of pyridine rings is 1. The van der Waals surface area contributed by atoms with Gasteiger partial charge in [-0.1, -0.05) is 6.92 Å². The SMILES string of the molecule is CCC1CN(C(=O)c2ccc(=O)[nH]c2)CCC1O. The molecular weight excluding hydrogens is 232 g/mol. The molecule has 2 heterocycles. The van der Waals surface area contributed by atoms with Gasteiger partial charge in [-0.05, 0) is 18.9 Å². The first kappa shape index (κ1) is 12.8. The number of aromatic amines is 1. The number of aliphatic hydroxyl groups excluding tert-OH is 1. The van der Waals surface area contributed by atoms with E-state index in [4.69, 9.17) is 0 Å². The van der Waals surface area contributed by atoms with E-state index < -0.39 is 0 Å². The lowest BCUT2D eigenvalue weighted by Gasteiger charge is -2.35. The van der Waals surface area contributed by atoms with Crippen molar-refractivity contribution in [2.24, 2.45) is 5.92 Å². The van der Waals surface area contributed by atoms with Crippen LogP contribution in [-0.2, 0) is 0 Å². The number of amides is 1. The van der Waals surface area contributed by atoms with Gasteiger partial charge in [0.2, 0.25) is 5.56 Å². The Balaban J connectivity index is 2.10. The zero-order valence-electron chi connectivity index (χ0n) is 10.4. The summed E-state index contributed by atoms with van der Waals surface area (Å²) in [4.78, 5) is 27.4. The fraction of sp³-hybridized carbons (Fsp3) is 0.538. The summed E-state index contributed by atoms with van der Waals surface area (Å²) in [5.41, 5.74) is 0.271. The number of carbonyl (C=O) groups is 1. The monoisotopic (exact) mass is 250 g/mol. The number of aliphatic hydroxyl groups is 1. The van der Waals surface area contributed by atoms with E-state index >= 15 is 0 Å². The summed E-state index contributed by atoms with van der Waals surface area (Å²) in [5.74, 6) is 0.0575. The number of carbonyl (C=O) groups excluding carboxylic acids is 1. The molecule has 2 N–H and O–H groups in total. The molecule has 2 unspecified atom stereocenters. The predicted octanol–water partition coefficient (Wildman–Crippen LogP) is 0.608. The lowest BCUT2D eigenvalue weighted by Crippen LogP contribution is -2.45. The van der Waals surface area contributed by atoms with Crippen molar-refractivity contribution < 1.29 is 9.90 Å². The minimum Gasteiger partial charge on any atom is -0.393 e. The maximum atomic E-state index is 12.2. The number of hydrogen-bond donors (Lipinski definition) is 2. The third-order valence-corrected chi connectivity index (χ3v) is 3.54. The molecule has 5 heteroatoms. The van der Waals surface area contributed by atoms with E-state index in [-0.39, 0.29) is 23.5 Å². The van der Waals surface area contributed by atoms with Crippen LogP contribution in [0.25, 0.3) is 0 Å². The minimum absolute atomic E-state index is 0.0865. The van der Waals surface area contributed by atoms with E-state index in [1.54, 1.807) is 4.90 Å². The Hall–Kier alpha value is -1.62. The smallest absolute Gasteiger partial charge is 0.255 e. The molecule has 2 rings (SSSR count). The summed E-state index contributed by atoms with van der Waals surface area (Å²) in [5, 5.41) is 9.79. The van der Waals surface area contributed by atoms with Gasteiger partial charge in [-0.15, -0.1) is 0 Å². The van der Waals surface area contributed by atoms with Gasteiger partial charge in [-0.25, -0.2) is 0 Å². The fourth-order valence-corrected chi connectivity index (χ4v) is 2.33. The number of aromatic nitrogens is 1. The Morgan fingerprint density at radius 2 is 2.33 bits per heavy atom. The van der Waals surface area contributed by atoms with Crippen LogP contribution >= 0.6 is 0 Å². The topological polar surface area (TPSA) is 73.4 Å². The second kappa shape index (κ2) is 5.35. The highest BCUT2D eigenvalue weighted by Crippen LogP contribution is 2.21. The molecule has 1 saturated heterocycles. The average molecular weight is 250 g/mol. The summed E-state index contributed by atoms with van der Waals surface area (Å²) < 4.78 is 0. The van der Waals surface area contributed by atoms with Crippen LogP contribution in [-0.4, -0.2) is 40.1 Å². The zero-order valence-corrected chi connectivity index (χ0v) is 10.4. The molecular formula is C13H18N2O3. The van der Waals surface area contributed by atoms with Gasteiger partial charge in [0, 0.05) is 31.3 Å². The molecule has 0 spiro atoms. The van der Waals surface area contributed by atoms with Crippen LogP contribution in [0, 0.1) is 5.92 Å². The molecule has 5 nitrogen and oxygen atoms in total. The highest BCUT2D eigenvalue weighted by Gasteiger charge is 2.29. The number of hydrogen-bond acceptors (Lipinski definition) is 3. The zero-order chi connectivity index (χ0) is 13.1. The molecule has 0 aliphatic carbocycles. The molecule has 1 fully saturated rings. The van der Waals surface area contributed by atoms with E-state index in [1.165, 1.54) is 18.3 Å². The number of H-pyrrole nitrogens is 1. The van der Waals surface area contributed by atoms with Gasteiger partial charge in [0.1, 0.15) is 0 Å². The van der Waals surface area contributed by atoms with Gasteiger partial charge in [-0.2, -0.15) is 0 Å². The molecule has 0 aromatic carbocycles. The summed E-state index contributed by atoms with van der Waals surface area (Å²) in [6, 6.07) is 2.89. The van der Waals surface area contributed by atoms with Crippen molar-refractivity contribution in [3.05, 3.63) is 34.2 Å². The molecule has 0 bridgehead atoms. The van der Waals surface area contributed by atoms with Crippen LogP contribution in [0.15, 0.2) is 23.1 Å². The van der Waals surface area contributed by atoms with Gasteiger partial charge in [0.25, 0.3) is 5.91 Å². The van der Waals surface area contributed by atoms with Crippen LogP contribution in [0.1, 0.15) is 30.1 Å². The first-order chi connectivity index (χ1) is 8.61. The van der Waals surface area contributed by atoms with Gasteiger partial charge in [-0.3, -0.25) is 9.59 Å². The number of rotatable bonds is 2. The van der Waals surface area contributed by atoms with Crippen molar-refractivity contribution in [3.63, 3.8) is 0 Å². The van der Waals surface area contributed by atoms with Gasteiger partial charge in [0.05, 0.1) is 11.7 Å². The molecule has 0 radical (unpaired) electrons. The molecule has 1 amide bonds. The molecule has 0 saturated carbocycles. The van der Waals surface area contributed by atoms with E-state index in [1.807, 2.05) is 6.92 Å². The van der Waals surface area contributed by atoms with Crippen molar-refractivity contribution in [2.45, 2.75) is 25.9 Å². The van der Waals surface area contributed by atoms with Gasteiger partial charge in [0.15, 0.2) is 0 Å². The van der Waals surface area contributed by atoms with Crippen LogP contribution in [0.4, 0.5) is 0 Å². The molecule has 1 aromatic heterocycles. The predicted molar refractivity (Wildman–Crippen MR) is 67.4 cm³/mol. The summed E-state index contributed by atoms with van der Waals surface area (Å²) in [6.07, 6.45) is 2.61. The van der Waals surface area contributed by atoms with Crippen molar-refractivity contribution in [1.29, 1.82) is 0 Å². The first-order valence-electron chi connectivity index (χ1n) is 6.28.